The second kappa shape index (κ2) is 5.30. The summed E-state index contributed by atoms with van der Waals surface area (Å²) in [4.78, 5) is 12.9. The van der Waals surface area contributed by atoms with Crippen molar-refractivity contribution in [1.82, 2.24) is 14.9 Å². The van der Waals surface area contributed by atoms with Gasteiger partial charge in [0.15, 0.2) is 5.82 Å². The number of hydrogen-bond donors (Lipinski definition) is 2. The number of anilines is 1. The molecular formula is C12H20N6. The first-order valence-corrected chi connectivity index (χ1v) is 6.16. The van der Waals surface area contributed by atoms with E-state index >= 15 is 0 Å². The van der Waals surface area contributed by atoms with Gasteiger partial charge in [-0.25, -0.2) is 9.97 Å². The first-order valence-electron chi connectivity index (χ1n) is 6.16. The van der Waals surface area contributed by atoms with Crippen molar-refractivity contribution in [2.45, 2.75) is 18.9 Å². The number of piperidine rings is 1. The van der Waals surface area contributed by atoms with Crippen molar-refractivity contribution >= 4 is 11.7 Å². The lowest BCUT2D eigenvalue weighted by molar-refractivity contribution is 0.252. The molecular weight excluding hydrogens is 228 g/mol. The summed E-state index contributed by atoms with van der Waals surface area (Å²) in [6.07, 6.45) is 5.41. The molecule has 1 aliphatic rings. The van der Waals surface area contributed by atoms with Crippen molar-refractivity contribution in [3.63, 3.8) is 0 Å². The van der Waals surface area contributed by atoms with Gasteiger partial charge in [-0.1, -0.05) is 0 Å². The number of nitrogen functional groups attached to an aromatic ring is 1. The lowest BCUT2D eigenvalue weighted by Gasteiger charge is -2.36. The summed E-state index contributed by atoms with van der Waals surface area (Å²) in [5.41, 5.74) is 6.02. The number of amidine groups is 1. The van der Waals surface area contributed by atoms with E-state index in [1.54, 1.807) is 12.4 Å². The van der Waals surface area contributed by atoms with Gasteiger partial charge < -0.3 is 15.5 Å². The molecule has 6 heteroatoms. The van der Waals surface area contributed by atoms with Crippen LogP contribution >= 0.6 is 0 Å². The summed E-state index contributed by atoms with van der Waals surface area (Å²) in [6.45, 7) is 2.18. The Bertz CT molecular complexity index is 424. The van der Waals surface area contributed by atoms with E-state index in [0.717, 1.165) is 25.9 Å². The van der Waals surface area contributed by atoms with E-state index in [2.05, 4.69) is 26.8 Å². The van der Waals surface area contributed by atoms with Crippen molar-refractivity contribution in [1.29, 1.82) is 5.41 Å². The van der Waals surface area contributed by atoms with E-state index in [0.29, 0.717) is 17.6 Å². The van der Waals surface area contributed by atoms with E-state index in [9.17, 15) is 0 Å². The van der Waals surface area contributed by atoms with Crippen LogP contribution in [0, 0.1) is 5.41 Å². The molecule has 1 aromatic heterocycles. The number of rotatable bonds is 3. The van der Waals surface area contributed by atoms with Crippen LogP contribution in [0.3, 0.4) is 0 Å². The average molecular weight is 248 g/mol. The number of nitrogens with zero attached hydrogens (tertiary/aromatic N) is 4. The van der Waals surface area contributed by atoms with Gasteiger partial charge in [0.1, 0.15) is 11.5 Å². The van der Waals surface area contributed by atoms with Crippen molar-refractivity contribution in [2.24, 2.45) is 5.73 Å². The monoisotopic (exact) mass is 248 g/mol. The van der Waals surface area contributed by atoms with Crippen LogP contribution in [0.4, 0.5) is 5.82 Å². The second-order valence-corrected chi connectivity index (χ2v) is 4.79. The molecule has 2 heterocycles. The zero-order valence-electron chi connectivity index (χ0n) is 10.9. The van der Waals surface area contributed by atoms with Gasteiger partial charge in [0.2, 0.25) is 0 Å². The largest absolute Gasteiger partial charge is 0.382 e. The van der Waals surface area contributed by atoms with Crippen LogP contribution < -0.4 is 10.6 Å². The van der Waals surface area contributed by atoms with E-state index in [1.807, 2.05) is 7.05 Å². The van der Waals surface area contributed by atoms with Crippen molar-refractivity contribution in [3.05, 3.63) is 18.1 Å². The Morgan fingerprint density at radius 2 is 2.00 bits per heavy atom. The Balaban J connectivity index is 2.18. The van der Waals surface area contributed by atoms with E-state index in [-0.39, 0.29) is 5.84 Å². The molecule has 6 nitrogen and oxygen atoms in total. The highest BCUT2D eigenvalue weighted by atomic mass is 15.2. The van der Waals surface area contributed by atoms with Crippen molar-refractivity contribution in [2.75, 3.05) is 32.1 Å². The van der Waals surface area contributed by atoms with Gasteiger partial charge in [0.05, 0.1) is 0 Å². The van der Waals surface area contributed by atoms with Crippen LogP contribution in [0.25, 0.3) is 0 Å². The van der Waals surface area contributed by atoms with Crippen LogP contribution in [0.1, 0.15) is 18.5 Å². The third-order valence-electron chi connectivity index (χ3n) is 3.50. The minimum absolute atomic E-state index is 0.0297. The lowest BCUT2D eigenvalue weighted by Crippen LogP contribution is -2.43. The molecule has 0 spiro atoms. The molecule has 0 aromatic carbocycles. The first-order chi connectivity index (χ1) is 8.59. The smallest absolute Gasteiger partial charge is 0.158 e. The number of aromatic nitrogens is 2. The van der Waals surface area contributed by atoms with Crippen LogP contribution in [-0.4, -0.2) is 53.9 Å². The fourth-order valence-corrected chi connectivity index (χ4v) is 2.33. The van der Waals surface area contributed by atoms with Gasteiger partial charge >= 0.3 is 0 Å². The zero-order chi connectivity index (χ0) is 13.1. The molecule has 0 atom stereocenters. The summed E-state index contributed by atoms with van der Waals surface area (Å²) >= 11 is 0. The van der Waals surface area contributed by atoms with Gasteiger partial charge in [-0.05, 0) is 33.0 Å². The predicted molar refractivity (Wildman–Crippen MR) is 72.0 cm³/mol. The SMILES string of the molecule is CN1CCC(N(C)c2nccnc2C(=N)N)CC1. The van der Waals surface area contributed by atoms with Gasteiger partial charge in [0, 0.05) is 25.5 Å². The Morgan fingerprint density at radius 3 is 2.61 bits per heavy atom. The number of likely N-dealkylation sites (tertiary alicyclic amines) is 1. The predicted octanol–water partition coefficient (Wildman–Crippen LogP) is 0.291. The third-order valence-corrected chi connectivity index (χ3v) is 3.50. The summed E-state index contributed by atoms with van der Waals surface area (Å²) in [7, 11) is 4.14. The molecule has 0 amide bonds. The number of hydrogen-bond acceptors (Lipinski definition) is 5. The first kappa shape index (κ1) is 12.8. The van der Waals surface area contributed by atoms with Crippen LogP contribution in [0.2, 0.25) is 0 Å². The van der Waals surface area contributed by atoms with Gasteiger partial charge in [0.25, 0.3) is 0 Å². The molecule has 0 saturated carbocycles. The summed E-state index contributed by atoms with van der Waals surface area (Å²) in [5.74, 6) is 0.678. The third kappa shape index (κ3) is 2.59. The fourth-order valence-electron chi connectivity index (χ4n) is 2.33. The minimum atomic E-state index is -0.0297. The zero-order valence-corrected chi connectivity index (χ0v) is 10.9. The van der Waals surface area contributed by atoms with Crippen molar-refractivity contribution < 1.29 is 0 Å². The molecule has 3 N–H and O–H groups in total. The lowest BCUT2D eigenvalue weighted by atomic mass is 10.0. The molecule has 2 rings (SSSR count). The molecule has 1 saturated heterocycles. The standard InChI is InChI=1S/C12H20N6/c1-17-7-3-9(4-8-17)18(2)12-10(11(13)14)15-5-6-16-12/h5-6,9H,3-4,7-8H2,1-2H3,(H3,13,14). The van der Waals surface area contributed by atoms with Crippen LogP contribution in [-0.2, 0) is 0 Å². The fraction of sp³-hybridized carbons (Fsp3) is 0.583. The number of nitrogens with one attached hydrogen (secondary N) is 1. The molecule has 1 aliphatic heterocycles. The second-order valence-electron chi connectivity index (χ2n) is 4.79. The topological polar surface area (TPSA) is 82.1 Å². The van der Waals surface area contributed by atoms with Crippen LogP contribution in [0.5, 0.6) is 0 Å². The van der Waals surface area contributed by atoms with Gasteiger partial charge in [-0.2, -0.15) is 0 Å². The highest BCUT2D eigenvalue weighted by Gasteiger charge is 2.23. The minimum Gasteiger partial charge on any atom is -0.382 e. The van der Waals surface area contributed by atoms with E-state index in [4.69, 9.17) is 11.1 Å². The maximum absolute atomic E-state index is 7.56. The Labute approximate surface area is 107 Å². The molecule has 0 aliphatic carbocycles. The molecule has 1 fully saturated rings. The highest BCUT2D eigenvalue weighted by Crippen LogP contribution is 2.21. The molecule has 18 heavy (non-hydrogen) atoms. The summed E-state index contributed by atoms with van der Waals surface area (Å²) in [6, 6.07) is 0.441. The molecule has 0 radical (unpaired) electrons. The van der Waals surface area contributed by atoms with Crippen molar-refractivity contribution in [3.8, 4) is 0 Å². The average Bonchev–Trinajstić information content (AvgIpc) is 2.39. The molecule has 0 unspecified atom stereocenters. The molecule has 1 aromatic rings. The Kier molecular flexibility index (Phi) is 3.76. The van der Waals surface area contributed by atoms with E-state index in [1.165, 1.54) is 0 Å². The highest BCUT2D eigenvalue weighted by molar-refractivity contribution is 5.97. The normalized spacial score (nSPS) is 17.7. The maximum atomic E-state index is 7.56. The van der Waals surface area contributed by atoms with Crippen LogP contribution in [0.15, 0.2) is 12.4 Å². The maximum Gasteiger partial charge on any atom is 0.158 e. The molecule has 98 valence electrons. The van der Waals surface area contributed by atoms with Gasteiger partial charge in [-0.15, -0.1) is 0 Å². The Hall–Kier alpha value is -1.69. The summed E-state index contributed by atoms with van der Waals surface area (Å²) < 4.78 is 0. The van der Waals surface area contributed by atoms with E-state index < -0.39 is 0 Å². The summed E-state index contributed by atoms with van der Waals surface area (Å²) in [5, 5.41) is 7.56. The molecule has 0 bridgehead atoms. The quantitative estimate of drug-likeness (QED) is 0.593. The number of nitrogens with two attached hydrogens (primary N) is 1. The Morgan fingerprint density at radius 1 is 1.39 bits per heavy atom. The van der Waals surface area contributed by atoms with Gasteiger partial charge in [-0.3, -0.25) is 5.41 Å².